The number of aryl methyl sites for hydroxylation is 1. The Morgan fingerprint density at radius 1 is 1.03 bits per heavy atom. The summed E-state index contributed by atoms with van der Waals surface area (Å²) in [5, 5.41) is 28.2. The van der Waals surface area contributed by atoms with E-state index in [2.05, 4.69) is 23.6 Å². The molecule has 0 unspecified atom stereocenters. The molecule has 180 valence electrons. The van der Waals surface area contributed by atoms with E-state index in [0.717, 1.165) is 18.1 Å². The standard InChI is InChI=1S/C26H29F2N3O3/c1-2-18-5-3-6-19(9-18)15-29-16-25(32)24(12-21-10-22(27)14-23(28)11-21)30-26(33)13-20-7-4-8-31(34)17-20/h3-11,14,17,24-25,29,32H,2,12-13,15-16H2,1H3,(H,30,33)/t24-,25+/m1/s1. The fraction of sp³-hybridized carbons (Fsp3) is 0.308. The number of carbonyl (C=O) groups is 1. The first-order valence-corrected chi connectivity index (χ1v) is 11.2. The van der Waals surface area contributed by atoms with Crippen molar-refractivity contribution in [3.8, 4) is 0 Å². The molecule has 0 bridgehead atoms. The van der Waals surface area contributed by atoms with Crippen LogP contribution in [-0.4, -0.2) is 29.7 Å². The zero-order valence-corrected chi connectivity index (χ0v) is 19.0. The van der Waals surface area contributed by atoms with Crippen LogP contribution in [-0.2, 0) is 30.6 Å². The van der Waals surface area contributed by atoms with Crippen molar-refractivity contribution >= 4 is 5.91 Å². The summed E-state index contributed by atoms with van der Waals surface area (Å²) >= 11 is 0. The molecule has 0 radical (unpaired) electrons. The number of aromatic nitrogens is 1. The van der Waals surface area contributed by atoms with Crippen molar-refractivity contribution in [2.45, 2.75) is 44.9 Å². The summed E-state index contributed by atoms with van der Waals surface area (Å²) in [4.78, 5) is 12.6. The fourth-order valence-corrected chi connectivity index (χ4v) is 3.78. The minimum atomic E-state index is -1.02. The minimum absolute atomic E-state index is 0.0327. The van der Waals surface area contributed by atoms with Crippen molar-refractivity contribution in [3.63, 3.8) is 0 Å². The van der Waals surface area contributed by atoms with Gasteiger partial charge in [-0.2, -0.15) is 4.73 Å². The summed E-state index contributed by atoms with van der Waals surface area (Å²) in [6.45, 7) is 2.75. The first-order chi connectivity index (χ1) is 16.3. The van der Waals surface area contributed by atoms with Gasteiger partial charge in [0.05, 0.1) is 18.6 Å². The van der Waals surface area contributed by atoms with Crippen molar-refractivity contribution in [3.05, 3.63) is 106 Å². The maximum Gasteiger partial charge on any atom is 0.224 e. The van der Waals surface area contributed by atoms with Crippen LogP contribution in [0.3, 0.4) is 0 Å². The van der Waals surface area contributed by atoms with Gasteiger partial charge in [0.15, 0.2) is 12.4 Å². The predicted octanol–water partition coefficient (Wildman–Crippen LogP) is 2.58. The second-order valence-electron chi connectivity index (χ2n) is 8.28. The quantitative estimate of drug-likeness (QED) is 0.298. The smallest absolute Gasteiger partial charge is 0.224 e. The van der Waals surface area contributed by atoms with Gasteiger partial charge in [0.1, 0.15) is 11.6 Å². The van der Waals surface area contributed by atoms with Crippen LogP contribution in [0.2, 0.25) is 0 Å². The van der Waals surface area contributed by atoms with Crippen molar-refractivity contribution in [2.75, 3.05) is 6.54 Å². The van der Waals surface area contributed by atoms with E-state index >= 15 is 0 Å². The van der Waals surface area contributed by atoms with E-state index in [0.29, 0.717) is 22.4 Å². The molecule has 0 saturated heterocycles. The molecule has 2 aromatic carbocycles. The SMILES string of the molecule is CCc1cccc(CNC[C@H](O)[C@@H](Cc2cc(F)cc(F)c2)NC(=O)Cc2ccc[n+]([O-])c2)c1. The van der Waals surface area contributed by atoms with Crippen LogP contribution in [0.1, 0.15) is 29.2 Å². The van der Waals surface area contributed by atoms with Crippen molar-refractivity contribution in [1.29, 1.82) is 0 Å². The average molecular weight is 470 g/mol. The van der Waals surface area contributed by atoms with Gasteiger partial charge < -0.3 is 20.9 Å². The van der Waals surface area contributed by atoms with Gasteiger partial charge in [-0.3, -0.25) is 4.79 Å². The van der Waals surface area contributed by atoms with Crippen molar-refractivity contribution < 1.29 is 23.4 Å². The first-order valence-electron chi connectivity index (χ1n) is 11.2. The lowest BCUT2D eigenvalue weighted by molar-refractivity contribution is -0.605. The zero-order chi connectivity index (χ0) is 24.5. The number of hydrogen-bond donors (Lipinski definition) is 3. The summed E-state index contributed by atoms with van der Waals surface area (Å²) < 4.78 is 28.0. The highest BCUT2D eigenvalue weighted by atomic mass is 19.1. The molecule has 3 N–H and O–H groups in total. The van der Waals surface area contributed by atoms with Crippen molar-refractivity contribution in [1.82, 2.24) is 10.6 Å². The summed E-state index contributed by atoms with van der Waals surface area (Å²) in [6.07, 6.45) is 2.46. The predicted molar refractivity (Wildman–Crippen MR) is 125 cm³/mol. The third kappa shape index (κ3) is 7.90. The van der Waals surface area contributed by atoms with E-state index in [9.17, 15) is 23.9 Å². The Morgan fingerprint density at radius 3 is 2.44 bits per heavy atom. The number of nitrogens with zero attached hydrogens (tertiary/aromatic N) is 1. The van der Waals surface area contributed by atoms with Crippen LogP contribution in [0.4, 0.5) is 8.78 Å². The average Bonchev–Trinajstić information content (AvgIpc) is 2.78. The van der Waals surface area contributed by atoms with Crippen LogP contribution >= 0.6 is 0 Å². The number of pyridine rings is 1. The van der Waals surface area contributed by atoms with Gasteiger partial charge in [-0.1, -0.05) is 31.2 Å². The molecular weight excluding hydrogens is 440 g/mol. The third-order valence-corrected chi connectivity index (χ3v) is 5.47. The maximum atomic E-state index is 13.7. The molecule has 0 aliphatic rings. The Hall–Kier alpha value is -3.36. The fourth-order valence-electron chi connectivity index (χ4n) is 3.78. The monoisotopic (exact) mass is 469 g/mol. The Morgan fingerprint density at radius 2 is 1.74 bits per heavy atom. The van der Waals surface area contributed by atoms with E-state index in [-0.39, 0.29) is 19.4 Å². The molecule has 2 atom stereocenters. The summed E-state index contributed by atoms with van der Waals surface area (Å²) in [5.41, 5.74) is 3.09. The van der Waals surface area contributed by atoms with E-state index < -0.39 is 29.7 Å². The number of carbonyl (C=O) groups excluding carboxylic acids is 1. The molecule has 0 saturated carbocycles. The highest BCUT2D eigenvalue weighted by molar-refractivity contribution is 5.78. The van der Waals surface area contributed by atoms with Crippen LogP contribution in [0.15, 0.2) is 67.0 Å². The number of nitrogens with one attached hydrogen (secondary N) is 2. The second kappa shape index (κ2) is 12.2. The molecule has 34 heavy (non-hydrogen) atoms. The zero-order valence-electron chi connectivity index (χ0n) is 19.0. The Labute approximate surface area is 197 Å². The number of hydrogen-bond acceptors (Lipinski definition) is 4. The lowest BCUT2D eigenvalue weighted by atomic mass is 10.00. The van der Waals surface area contributed by atoms with Crippen LogP contribution in [0.25, 0.3) is 0 Å². The van der Waals surface area contributed by atoms with Crippen LogP contribution < -0.4 is 15.4 Å². The second-order valence-corrected chi connectivity index (χ2v) is 8.28. The molecule has 0 fully saturated rings. The molecule has 0 aliphatic heterocycles. The van der Waals surface area contributed by atoms with Crippen LogP contribution in [0.5, 0.6) is 0 Å². The molecule has 1 amide bonds. The normalized spacial score (nSPS) is 12.8. The molecule has 0 aliphatic carbocycles. The van der Waals surface area contributed by atoms with Gasteiger partial charge in [0.2, 0.25) is 5.91 Å². The molecule has 0 spiro atoms. The molecule has 3 aromatic rings. The summed E-state index contributed by atoms with van der Waals surface area (Å²) in [7, 11) is 0. The van der Waals surface area contributed by atoms with Gasteiger partial charge in [-0.05, 0) is 47.7 Å². The number of rotatable bonds is 11. The lowest BCUT2D eigenvalue weighted by Crippen LogP contribution is -2.49. The largest absolute Gasteiger partial charge is 0.619 e. The molecule has 8 heteroatoms. The third-order valence-electron chi connectivity index (χ3n) is 5.47. The molecule has 6 nitrogen and oxygen atoms in total. The highest BCUT2D eigenvalue weighted by Crippen LogP contribution is 2.13. The van der Waals surface area contributed by atoms with Gasteiger partial charge in [-0.15, -0.1) is 0 Å². The Bertz CT molecular complexity index is 1090. The first kappa shape index (κ1) is 25.3. The molecule has 1 aromatic heterocycles. The van der Waals surface area contributed by atoms with Gasteiger partial charge in [0.25, 0.3) is 0 Å². The topological polar surface area (TPSA) is 88.3 Å². The number of benzene rings is 2. The van der Waals surface area contributed by atoms with Gasteiger partial charge >= 0.3 is 0 Å². The maximum absolute atomic E-state index is 13.7. The summed E-state index contributed by atoms with van der Waals surface area (Å²) in [5.74, 6) is -1.87. The van der Waals surface area contributed by atoms with E-state index in [1.54, 1.807) is 6.07 Å². The number of aliphatic hydroxyl groups is 1. The molecule has 1 heterocycles. The minimum Gasteiger partial charge on any atom is -0.619 e. The summed E-state index contributed by atoms with van der Waals surface area (Å²) in [6, 6.07) is 13.6. The Balaban J connectivity index is 1.66. The highest BCUT2D eigenvalue weighted by Gasteiger charge is 2.23. The van der Waals surface area contributed by atoms with E-state index in [1.807, 2.05) is 18.2 Å². The lowest BCUT2D eigenvalue weighted by Gasteiger charge is -2.25. The van der Waals surface area contributed by atoms with E-state index in [1.165, 1.54) is 36.2 Å². The molecule has 3 rings (SSSR count). The molecular formula is C26H29F2N3O3. The van der Waals surface area contributed by atoms with Crippen LogP contribution in [0, 0.1) is 16.8 Å². The van der Waals surface area contributed by atoms with E-state index in [4.69, 9.17) is 0 Å². The van der Waals surface area contributed by atoms with Crippen molar-refractivity contribution in [2.24, 2.45) is 0 Å². The number of aliphatic hydroxyl groups excluding tert-OH is 1. The van der Waals surface area contributed by atoms with Gasteiger partial charge in [0, 0.05) is 30.8 Å². The number of amides is 1. The van der Waals surface area contributed by atoms with Gasteiger partial charge in [-0.25, -0.2) is 8.78 Å². The Kier molecular flexibility index (Phi) is 9.07. The number of halogens is 2.